The van der Waals surface area contributed by atoms with Crippen LogP contribution in [0.15, 0.2) is 83.8 Å². The lowest BCUT2D eigenvalue weighted by atomic mass is 10.0. The number of nitrogens with one attached hydrogen (secondary N) is 1. The Kier molecular flexibility index (Phi) is 6.61. The number of rotatable bonds is 7. The van der Waals surface area contributed by atoms with Crippen LogP contribution in [0.3, 0.4) is 0 Å². The summed E-state index contributed by atoms with van der Waals surface area (Å²) in [5, 5.41) is 7.72. The summed E-state index contributed by atoms with van der Waals surface area (Å²) in [7, 11) is -3.91. The van der Waals surface area contributed by atoms with Crippen molar-refractivity contribution in [1.82, 2.24) is 5.32 Å². The highest BCUT2D eigenvalue weighted by Crippen LogP contribution is 2.19. The molecule has 3 N–H and O–H groups in total. The molecular weight excluding hydrogens is 404 g/mol. The maximum atomic E-state index is 12.2. The van der Waals surface area contributed by atoms with Gasteiger partial charge in [-0.25, -0.2) is 18.4 Å². The predicted octanol–water partition coefficient (Wildman–Crippen LogP) is 2.59. The van der Waals surface area contributed by atoms with E-state index in [4.69, 9.17) is 9.88 Å². The molecule has 7 nitrogen and oxygen atoms in total. The number of esters is 1. The first-order valence-electron chi connectivity index (χ1n) is 9.08. The van der Waals surface area contributed by atoms with E-state index in [1.54, 1.807) is 12.1 Å². The Morgan fingerprint density at radius 2 is 1.50 bits per heavy atom. The number of carbonyl (C=O) groups excluding carboxylic acids is 2. The van der Waals surface area contributed by atoms with Crippen molar-refractivity contribution in [3.8, 4) is 11.1 Å². The molecule has 0 fully saturated rings. The average Bonchev–Trinajstić information content (AvgIpc) is 2.76. The minimum atomic E-state index is -3.91. The minimum Gasteiger partial charge on any atom is -0.460 e. The number of amides is 1. The zero-order valence-corrected chi connectivity index (χ0v) is 16.8. The van der Waals surface area contributed by atoms with Gasteiger partial charge in [0.2, 0.25) is 10.0 Å². The summed E-state index contributed by atoms with van der Waals surface area (Å²) < 4.78 is 27.8. The van der Waals surface area contributed by atoms with Crippen molar-refractivity contribution in [3.05, 3.63) is 90.0 Å². The Balaban J connectivity index is 1.49. The van der Waals surface area contributed by atoms with Gasteiger partial charge in [-0.15, -0.1) is 0 Å². The molecule has 3 aromatic rings. The molecule has 0 aliphatic carbocycles. The first-order chi connectivity index (χ1) is 14.3. The summed E-state index contributed by atoms with van der Waals surface area (Å²) in [4.78, 5) is 24.1. The molecule has 0 atom stereocenters. The van der Waals surface area contributed by atoms with E-state index in [1.165, 1.54) is 18.2 Å². The van der Waals surface area contributed by atoms with Crippen molar-refractivity contribution in [2.45, 2.75) is 4.90 Å². The minimum absolute atomic E-state index is 0.0596. The van der Waals surface area contributed by atoms with Crippen LogP contribution in [0, 0.1) is 0 Å². The van der Waals surface area contributed by atoms with E-state index in [2.05, 4.69) is 5.32 Å². The number of carbonyl (C=O) groups is 2. The first kappa shape index (κ1) is 21.2. The molecule has 0 aliphatic heterocycles. The van der Waals surface area contributed by atoms with Crippen LogP contribution in [-0.2, 0) is 14.8 Å². The van der Waals surface area contributed by atoms with Crippen LogP contribution in [0.2, 0.25) is 0 Å². The number of benzene rings is 3. The summed E-state index contributed by atoms with van der Waals surface area (Å²) in [5.74, 6) is -0.996. The number of hydrogen-bond donors (Lipinski definition) is 2. The van der Waals surface area contributed by atoms with Crippen LogP contribution in [0.5, 0.6) is 0 Å². The van der Waals surface area contributed by atoms with Gasteiger partial charge in [0.25, 0.3) is 5.91 Å². The summed E-state index contributed by atoms with van der Waals surface area (Å²) >= 11 is 0. The molecule has 0 saturated carbocycles. The van der Waals surface area contributed by atoms with E-state index < -0.39 is 16.0 Å². The Morgan fingerprint density at radius 1 is 0.833 bits per heavy atom. The molecule has 0 spiro atoms. The van der Waals surface area contributed by atoms with E-state index in [-0.39, 0.29) is 29.5 Å². The normalized spacial score (nSPS) is 11.0. The summed E-state index contributed by atoms with van der Waals surface area (Å²) in [6, 6.07) is 22.2. The largest absolute Gasteiger partial charge is 0.460 e. The lowest BCUT2D eigenvalue weighted by Gasteiger charge is -2.08. The molecule has 0 heterocycles. The topological polar surface area (TPSA) is 116 Å². The third-order valence-electron chi connectivity index (χ3n) is 4.27. The zero-order chi connectivity index (χ0) is 21.6. The molecule has 154 valence electrons. The molecule has 30 heavy (non-hydrogen) atoms. The second kappa shape index (κ2) is 9.34. The lowest BCUT2D eigenvalue weighted by molar-refractivity contribution is 0.0503. The fraction of sp³-hybridized carbons (Fsp3) is 0.0909. The second-order valence-corrected chi connectivity index (χ2v) is 7.97. The fourth-order valence-electron chi connectivity index (χ4n) is 2.74. The quantitative estimate of drug-likeness (QED) is 0.447. The molecule has 0 aromatic heterocycles. The van der Waals surface area contributed by atoms with Crippen LogP contribution in [0.4, 0.5) is 0 Å². The molecule has 0 aliphatic rings. The molecule has 3 rings (SSSR count). The number of primary sulfonamides is 1. The van der Waals surface area contributed by atoms with Gasteiger partial charge in [-0.1, -0.05) is 48.5 Å². The Labute approximate surface area is 174 Å². The molecule has 0 unspecified atom stereocenters. The van der Waals surface area contributed by atoms with Crippen LogP contribution >= 0.6 is 0 Å². The van der Waals surface area contributed by atoms with E-state index >= 15 is 0 Å². The lowest BCUT2D eigenvalue weighted by Crippen LogP contribution is -2.28. The van der Waals surface area contributed by atoms with Gasteiger partial charge in [-0.2, -0.15) is 0 Å². The van der Waals surface area contributed by atoms with E-state index in [9.17, 15) is 18.0 Å². The predicted molar refractivity (Wildman–Crippen MR) is 112 cm³/mol. The van der Waals surface area contributed by atoms with Gasteiger partial charge in [-0.3, -0.25) is 4.79 Å². The highest BCUT2D eigenvalue weighted by Gasteiger charge is 2.13. The average molecular weight is 424 g/mol. The van der Waals surface area contributed by atoms with Gasteiger partial charge in [0, 0.05) is 5.56 Å². The SMILES string of the molecule is NS(=O)(=O)c1cccc(C(=O)OCCNC(=O)c2ccc(-c3ccccc3)cc2)c1. The van der Waals surface area contributed by atoms with E-state index in [0.29, 0.717) is 5.56 Å². The maximum absolute atomic E-state index is 12.2. The fourth-order valence-corrected chi connectivity index (χ4v) is 3.30. The molecule has 0 bridgehead atoms. The molecule has 1 amide bonds. The second-order valence-electron chi connectivity index (χ2n) is 6.41. The van der Waals surface area contributed by atoms with Gasteiger partial charge in [0.05, 0.1) is 17.0 Å². The third kappa shape index (κ3) is 5.53. The Morgan fingerprint density at radius 3 is 2.17 bits per heavy atom. The highest BCUT2D eigenvalue weighted by atomic mass is 32.2. The summed E-state index contributed by atoms with van der Waals surface area (Å²) in [5.41, 5.74) is 2.61. The first-order valence-corrected chi connectivity index (χ1v) is 10.6. The zero-order valence-electron chi connectivity index (χ0n) is 15.9. The van der Waals surface area contributed by atoms with Crippen LogP contribution in [0.25, 0.3) is 11.1 Å². The standard InChI is InChI=1S/C22H20N2O5S/c23-30(27,28)20-8-4-7-19(15-20)22(26)29-14-13-24-21(25)18-11-9-17(10-12-18)16-5-2-1-3-6-16/h1-12,15H,13-14H2,(H,24,25)(H2,23,27,28). The smallest absolute Gasteiger partial charge is 0.338 e. The molecule has 0 radical (unpaired) electrons. The van der Waals surface area contributed by atoms with Crippen molar-refractivity contribution in [2.75, 3.05) is 13.2 Å². The van der Waals surface area contributed by atoms with Crippen molar-refractivity contribution >= 4 is 21.9 Å². The monoisotopic (exact) mass is 424 g/mol. The van der Waals surface area contributed by atoms with Crippen LogP contribution in [0.1, 0.15) is 20.7 Å². The molecule has 0 saturated heterocycles. The van der Waals surface area contributed by atoms with E-state index in [1.807, 2.05) is 42.5 Å². The Hall–Kier alpha value is -3.49. The van der Waals surface area contributed by atoms with Gasteiger partial charge in [0.1, 0.15) is 6.61 Å². The molecule has 8 heteroatoms. The van der Waals surface area contributed by atoms with Crippen molar-refractivity contribution in [3.63, 3.8) is 0 Å². The van der Waals surface area contributed by atoms with Crippen LogP contribution in [-0.4, -0.2) is 33.4 Å². The third-order valence-corrected chi connectivity index (χ3v) is 5.18. The van der Waals surface area contributed by atoms with Crippen molar-refractivity contribution in [2.24, 2.45) is 5.14 Å². The summed E-state index contributed by atoms with van der Waals surface area (Å²) in [6.45, 7) is 0.0478. The van der Waals surface area contributed by atoms with Gasteiger partial charge in [0.15, 0.2) is 0 Å². The van der Waals surface area contributed by atoms with E-state index in [0.717, 1.165) is 17.2 Å². The molecule has 3 aromatic carbocycles. The van der Waals surface area contributed by atoms with Crippen LogP contribution < -0.4 is 10.5 Å². The highest BCUT2D eigenvalue weighted by molar-refractivity contribution is 7.89. The molecular formula is C22H20N2O5S. The van der Waals surface area contributed by atoms with Crippen molar-refractivity contribution < 1.29 is 22.7 Å². The number of nitrogens with two attached hydrogens (primary N) is 1. The van der Waals surface area contributed by atoms with Crippen molar-refractivity contribution in [1.29, 1.82) is 0 Å². The number of hydrogen-bond acceptors (Lipinski definition) is 5. The Bertz CT molecular complexity index is 1140. The summed E-state index contributed by atoms with van der Waals surface area (Å²) in [6.07, 6.45) is 0. The van der Waals surface area contributed by atoms with Gasteiger partial charge >= 0.3 is 5.97 Å². The van der Waals surface area contributed by atoms with Gasteiger partial charge < -0.3 is 10.1 Å². The number of sulfonamides is 1. The number of ether oxygens (including phenoxy) is 1. The van der Waals surface area contributed by atoms with Gasteiger partial charge in [-0.05, 0) is 41.5 Å². The maximum Gasteiger partial charge on any atom is 0.338 e.